The lowest BCUT2D eigenvalue weighted by Gasteiger charge is -2.14. The molecule has 36 heavy (non-hydrogen) atoms. The molecule has 1 fully saturated rings. The van der Waals surface area contributed by atoms with E-state index < -0.39 is 0 Å². The lowest BCUT2D eigenvalue weighted by Crippen LogP contribution is -2.30. The second kappa shape index (κ2) is 11.0. The van der Waals surface area contributed by atoms with Gasteiger partial charge >= 0.3 is 0 Å². The first-order chi connectivity index (χ1) is 17.6. The average molecular weight is 515 g/mol. The number of para-hydroxylation sites is 3. The van der Waals surface area contributed by atoms with E-state index >= 15 is 0 Å². The molecule has 0 bridgehead atoms. The number of ether oxygens (including phenoxy) is 2. The highest BCUT2D eigenvalue weighted by Crippen LogP contribution is 2.34. The Bertz CT molecular complexity index is 1430. The fourth-order valence-corrected chi connectivity index (χ4v) is 5.59. The Labute approximate surface area is 220 Å². The van der Waals surface area contributed by atoms with Crippen molar-refractivity contribution in [1.82, 2.24) is 9.47 Å². The minimum absolute atomic E-state index is 0.0303. The number of aromatic nitrogens is 1. The molecule has 1 amide bonds. The molecule has 0 atom stereocenters. The van der Waals surface area contributed by atoms with Gasteiger partial charge in [-0.2, -0.15) is 0 Å². The van der Waals surface area contributed by atoms with Crippen molar-refractivity contribution in [2.24, 2.45) is 0 Å². The zero-order valence-corrected chi connectivity index (χ0v) is 21.6. The van der Waals surface area contributed by atoms with Gasteiger partial charge in [0.15, 0.2) is 11.5 Å². The van der Waals surface area contributed by atoms with Gasteiger partial charge in [0.05, 0.1) is 18.6 Å². The van der Waals surface area contributed by atoms with E-state index in [0.29, 0.717) is 34.7 Å². The summed E-state index contributed by atoms with van der Waals surface area (Å²) in [5.41, 5.74) is 3.27. The number of nitrogens with zero attached hydrogens (tertiary/aromatic N) is 2. The largest absolute Gasteiger partial charge is 0.493 e. The topological polar surface area (TPSA) is 43.7 Å². The standard InChI is InChI=1S/C29H26N2O3S2/c1-33-25-13-7-8-14-26(25)34-18-17-30-20-22(23-11-5-6-12-24(23)30)19-27-28(32)31(29(35)36-27)16-15-21-9-3-2-4-10-21/h2-14,19-20H,15-18H2,1H3/b27-19-. The molecule has 182 valence electrons. The number of carbonyl (C=O) groups is 1. The summed E-state index contributed by atoms with van der Waals surface area (Å²) in [7, 11) is 1.64. The van der Waals surface area contributed by atoms with E-state index in [1.165, 1.54) is 17.3 Å². The SMILES string of the molecule is COc1ccccc1OCCn1cc(/C=C2\SC(=S)N(CCc3ccccc3)C2=O)c2ccccc21. The van der Waals surface area contributed by atoms with Gasteiger partial charge in [0, 0.05) is 29.2 Å². The third kappa shape index (κ3) is 5.17. The van der Waals surface area contributed by atoms with Crippen LogP contribution in [0.4, 0.5) is 0 Å². The molecule has 3 aromatic carbocycles. The number of amides is 1. The highest BCUT2D eigenvalue weighted by Gasteiger charge is 2.31. The molecule has 2 heterocycles. The molecule has 1 aliphatic heterocycles. The van der Waals surface area contributed by atoms with Crippen LogP contribution in [-0.4, -0.2) is 40.0 Å². The molecule has 1 aliphatic rings. The molecule has 1 saturated heterocycles. The fourth-order valence-electron chi connectivity index (χ4n) is 4.29. The summed E-state index contributed by atoms with van der Waals surface area (Å²) < 4.78 is 14.1. The Kier molecular flexibility index (Phi) is 7.39. The Hall–Kier alpha value is -3.55. The molecule has 1 aromatic heterocycles. The van der Waals surface area contributed by atoms with Crippen LogP contribution in [0.2, 0.25) is 0 Å². The molecule has 5 nitrogen and oxygen atoms in total. The summed E-state index contributed by atoms with van der Waals surface area (Å²) in [4.78, 5) is 15.5. The second-order valence-corrected chi connectivity index (χ2v) is 10.0. The first kappa shape index (κ1) is 24.2. The van der Waals surface area contributed by atoms with Crippen LogP contribution in [-0.2, 0) is 17.8 Å². The molecule has 5 rings (SSSR count). The molecule has 0 N–H and O–H groups in total. The monoisotopic (exact) mass is 514 g/mol. The number of thiocarbonyl (C=S) groups is 1. The fraction of sp³-hybridized carbons (Fsp3) is 0.172. The van der Waals surface area contributed by atoms with Crippen LogP contribution in [0.1, 0.15) is 11.1 Å². The van der Waals surface area contributed by atoms with E-state index in [0.717, 1.165) is 28.6 Å². The predicted octanol–water partition coefficient (Wildman–Crippen LogP) is 6.17. The van der Waals surface area contributed by atoms with E-state index in [2.05, 4.69) is 35.0 Å². The van der Waals surface area contributed by atoms with Crippen molar-refractivity contribution in [3.8, 4) is 11.5 Å². The first-order valence-corrected chi connectivity index (χ1v) is 13.0. The smallest absolute Gasteiger partial charge is 0.266 e. The molecule has 0 saturated carbocycles. The third-order valence-electron chi connectivity index (χ3n) is 6.11. The highest BCUT2D eigenvalue weighted by molar-refractivity contribution is 8.26. The van der Waals surface area contributed by atoms with Crippen molar-refractivity contribution in [2.45, 2.75) is 13.0 Å². The van der Waals surface area contributed by atoms with Crippen LogP contribution in [0.5, 0.6) is 11.5 Å². The van der Waals surface area contributed by atoms with Crippen molar-refractivity contribution in [3.05, 3.63) is 101 Å². The summed E-state index contributed by atoms with van der Waals surface area (Å²) in [5, 5.41) is 1.09. The molecule has 0 spiro atoms. The van der Waals surface area contributed by atoms with Crippen LogP contribution in [0.3, 0.4) is 0 Å². The van der Waals surface area contributed by atoms with Gasteiger partial charge in [-0.25, -0.2) is 0 Å². The molecule has 0 aliphatic carbocycles. The Balaban J connectivity index is 1.32. The van der Waals surface area contributed by atoms with Gasteiger partial charge in [0.25, 0.3) is 5.91 Å². The predicted molar refractivity (Wildman–Crippen MR) is 150 cm³/mol. The summed E-state index contributed by atoms with van der Waals surface area (Å²) in [6, 6.07) is 26.0. The number of hydrogen-bond donors (Lipinski definition) is 0. The van der Waals surface area contributed by atoms with E-state index in [4.69, 9.17) is 21.7 Å². The van der Waals surface area contributed by atoms with Gasteiger partial charge in [-0.05, 0) is 36.3 Å². The Morgan fingerprint density at radius 1 is 0.917 bits per heavy atom. The van der Waals surface area contributed by atoms with Gasteiger partial charge in [-0.3, -0.25) is 9.69 Å². The van der Waals surface area contributed by atoms with E-state index in [9.17, 15) is 4.79 Å². The molecule has 4 aromatic rings. The quantitative estimate of drug-likeness (QED) is 0.197. The lowest BCUT2D eigenvalue weighted by atomic mass is 10.1. The van der Waals surface area contributed by atoms with Crippen molar-refractivity contribution >= 4 is 51.2 Å². The van der Waals surface area contributed by atoms with E-state index in [1.54, 1.807) is 12.0 Å². The molecule has 0 radical (unpaired) electrons. The minimum Gasteiger partial charge on any atom is -0.493 e. The average Bonchev–Trinajstić information content (AvgIpc) is 3.39. The van der Waals surface area contributed by atoms with E-state index in [-0.39, 0.29) is 5.91 Å². The summed E-state index contributed by atoms with van der Waals surface area (Å²) in [6.07, 6.45) is 4.81. The van der Waals surface area contributed by atoms with Crippen molar-refractivity contribution in [3.63, 3.8) is 0 Å². The number of hydrogen-bond acceptors (Lipinski definition) is 5. The second-order valence-electron chi connectivity index (χ2n) is 8.36. The molecule has 7 heteroatoms. The highest BCUT2D eigenvalue weighted by atomic mass is 32.2. The summed E-state index contributed by atoms with van der Waals surface area (Å²) in [5.74, 6) is 1.40. The van der Waals surface area contributed by atoms with Gasteiger partial charge in [0.2, 0.25) is 0 Å². The van der Waals surface area contributed by atoms with E-state index in [1.807, 2.05) is 60.7 Å². The van der Waals surface area contributed by atoms with Gasteiger partial charge in [-0.15, -0.1) is 0 Å². The zero-order valence-electron chi connectivity index (χ0n) is 19.9. The Morgan fingerprint density at radius 2 is 1.64 bits per heavy atom. The number of carbonyl (C=O) groups excluding carboxylic acids is 1. The zero-order chi connectivity index (χ0) is 24.9. The lowest BCUT2D eigenvalue weighted by molar-refractivity contribution is -0.122. The summed E-state index contributed by atoms with van der Waals surface area (Å²) >= 11 is 6.92. The molecule has 0 unspecified atom stereocenters. The maximum atomic E-state index is 13.2. The van der Waals surface area contributed by atoms with Crippen molar-refractivity contribution in [2.75, 3.05) is 20.3 Å². The minimum atomic E-state index is -0.0303. The number of thioether (sulfide) groups is 1. The molecular formula is C29H26N2O3S2. The van der Waals surface area contributed by atoms with Crippen molar-refractivity contribution < 1.29 is 14.3 Å². The number of benzene rings is 3. The summed E-state index contributed by atoms with van der Waals surface area (Å²) in [6.45, 7) is 1.72. The van der Waals surface area contributed by atoms with Crippen LogP contribution in [0, 0.1) is 0 Å². The number of rotatable bonds is 9. The van der Waals surface area contributed by atoms with Crippen LogP contribution in [0.15, 0.2) is 90.0 Å². The maximum absolute atomic E-state index is 13.2. The van der Waals surface area contributed by atoms with Gasteiger partial charge < -0.3 is 14.0 Å². The molecular weight excluding hydrogens is 488 g/mol. The Morgan fingerprint density at radius 3 is 2.44 bits per heavy atom. The number of fused-ring (bicyclic) bond motifs is 1. The van der Waals surface area contributed by atoms with Crippen LogP contribution in [0.25, 0.3) is 17.0 Å². The van der Waals surface area contributed by atoms with Gasteiger partial charge in [-0.1, -0.05) is 84.6 Å². The van der Waals surface area contributed by atoms with Gasteiger partial charge in [0.1, 0.15) is 10.9 Å². The van der Waals surface area contributed by atoms with Crippen molar-refractivity contribution in [1.29, 1.82) is 0 Å². The first-order valence-electron chi connectivity index (χ1n) is 11.8. The van der Waals surface area contributed by atoms with Crippen LogP contribution < -0.4 is 9.47 Å². The third-order valence-corrected chi connectivity index (χ3v) is 7.48. The maximum Gasteiger partial charge on any atom is 0.266 e. The normalized spacial score (nSPS) is 14.7. The number of methoxy groups -OCH3 is 1. The van der Waals surface area contributed by atoms with Crippen LogP contribution >= 0.6 is 24.0 Å².